The van der Waals surface area contributed by atoms with E-state index in [4.69, 9.17) is 5.11 Å². The van der Waals surface area contributed by atoms with Gasteiger partial charge in [-0.25, -0.2) is 0 Å². The summed E-state index contributed by atoms with van der Waals surface area (Å²) in [6.07, 6.45) is 3.77. The molecule has 0 unspecified atom stereocenters. The molecule has 1 aliphatic carbocycles. The first-order valence-electron chi connectivity index (χ1n) is 6.80. The molecule has 0 spiro atoms. The van der Waals surface area contributed by atoms with E-state index >= 15 is 0 Å². The minimum atomic E-state index is -0.385. The number of nitrogens with zero attached hydrogens (tertiary/aromatic N) is 2. The normalized spacial score (nSPS) is 24.6. The predicted octanol–water partition coefficient (Wildman–Crippen LogP) is 1.79. The number of aromatic nitrogens is 2. The van der Waals surface area contributed by atoms with Crippen LogP contribution in [-0.2, 0) is 11.8 Å². The molecular weight excluding hydrogens is 252 g/mol. The van der Waals surface area contributed by atoms with Gasteiger partial charge in [0.1, 0.15) is 6.61 Å². The van der Waals surface area contributed by atoms with Crippen LogP contribution < -0.4 is 0 Å². The van der Waals surface area contributed by atoms with Gasteiger partial charge in [0.15, 0.2) is 5.78 Å². The Morgan fingerprint density at radius 3 is 2.70 bits per heavy atom. The van der Waals surface area contributed by atoms with Crippen molar-refractivity contribution < 1.29 is 9.90 Å². The van der Waals surface area contributed by atoms with Crippen molar-refractivity contribution in [1.29, 1.82) is 0 Å². The lowest BCUT2D eigenvalue weighted by molar-refractivity contribution is -0.123. The van der Waals surface area contributed by atoms with E-state index in [0.29, 0.717) is 0 Å². The molecule has 3 rings (SSSR count). The van der Waals surface area contributed by atoms with Gasteiger partial charge in [-0.2, -0.15) is 5.10 Å². The van der Waals surface area contributed by atoms with Crippen molar-refractivity contribution in [2.24, 2.45) is 13.0 Å². The van der Waals surface area contributed by atoms with Crippen LogP contribution in [0.4, 0.5) is 0 Å². The molecular formula is C16H18N2O2. The van der Waals surface area contributed by atoms with Crippen LogP contribution in [0, 0.1) is 12.8 Å². The maximum atomic E-state index is 12.0. The van der Waals surface area contributed by atoms with Crippen LogP contribution in [-0.4, -0.2) is 27.3 Å². The highest BCUT2D eigenvalue weighted by Crippen LogP contribution is 2.60. The first-order valence-corrected chi connectivity index (χ1v) is 6.80. The zero-order valence-electron chi connectivity index (χ0n) is 11.7. The van der Waals surface area contributed by atoms with Gasteiger partial charge >= 0.3 is 0 Å². The molecule has 4 heteroatoms. The number of ketones is 1. The fourth-order valence-corrected chi connectivity index (χ4v) is 3.14. The third kappa shape index (κ3) is 2.16. The Bertz CT molecular complexity index is 647. The van der Waals surface area contributed by atoms with Crippen LogP contribution in [0.1, 0.15) is 28.5 Å². The average molecular weight is 270 g/mol. The van der Waals surface area contributed by atoms with E-state index in [2.05, 4.69) is 17.2 Å². The van der Waals surface area contributed by atoms with E-state index in [1.165, 1.54) is 11.1 Å². The van der Waals surface area contributed by atoms with Crippen molar-refractivity contribution in [2.45, 2.75) is 18.8 Å². The summed E-state index contributed by atoms with van der Waals surface area (Å²) in [5.74, 6) is 0.111. The monoisotopic (exact) mass is 270 g/mol. The van der Waals surface area contributed by atoms with Gasteiger partial charge in [0.2, 0.25) is 0 Å². The van der Waals surface area contributed by atoms with Crippen molar-refractivity contribution >= 4 is 5.78 Å². The number of carbonyl (C=O) groups excluding carboxylic acids is 1. The summed E-state index contributed by atoms with van der Waals surface area (Å²) < 4.78 is 1.75. The van der Waals surface area contributed by atoms with Gasteiger partial charge in [-0.1, -0.05) is 29.8 Å². The molecule has 0 bridgehead atoms. The summed E-state index contributed by atoms with van der Waals surface area (Å²) >= 11 is 0. The van der Waals surface area contributed by atoms with E-state index in [1.54, 1.807) is 4.68 Å². The number of rotatable bonds is 4. The molecule has 3 atom stereocenters. The quantitative estimate of drug-likeness (QED) is 0.921. The van der Waals surface area contributed by atoms with Crippen molar-refractivity contribution in [3.8, 4) is 0 Å². The Balaban J connectivity index is 1.94. The summed E-state index contributed by atoms with van der Waals surface area (Å²) in [4.78, 5) is 12.0. The molecule has 1 N–H and O–H groups in total. The zero-order chi connectivity index (χ0) is 14.3. The van der Waals surface area contributed by atoms with Gasteiger partial charge in [-0.3, -0.25) is 9.48 Å². The number of aliphatic hydroxyl groups is 1. The summed E-state index contributed by atoms with van der Waals surface area (Å²) in [5, 5.41) is 13.3. The van der Waals surface area contributed by atoms with Gasteiger partial charge in [0.25, 0.3) is 0 Å². The Morgan fingerprint density at radius 2 is 2.10 bits per heavy atom. The molecule has 1 aliphatic rings. The van der Waals surface area contributed by atoms with Crippen LogP contribution in [0.3, 0.4) is 0 Å². The predicted molar refractivity (Wildman–Crippen MR) is 75.5 cm³/mol. The third-order valence-electron chi connectivity index (χ3n) is 4.08. The molecule has 0 radical (unpaired) electrons. The number of benzene rings is 1. The standard InChI is InChI=1S/C16H18N2O2/c1-10-4-3-5-11(6-10)14-15(16(14)13(20)9-19)12-7-17-18(2)8-12/h3-8,14-16,19H,9H2,1-2H3/t14-,15-,16-/m1/s1. The lowest BCUT2D eigenvalue weighted by atomic mass is 10.0. The number of hydrogen-bond donors (Lipinski definition) is 1. The summed E-state index contributed by atoms with van der Waals surface area (Å²) in [7, 11) is 1.87. The molecule has 1 heterocycles. The van der Waals surface area contributed by atoms with Crippen LogP contribution in [0.25, 0.3) is 0 Å². The first-order chi connectivity index (χ1) is 9.61. The van der Waals surface area contributed by atoms with Gasteiger partial charge in [0.05, 0.1) is 6.20 Å². The lowest BCUT2D eigenvalue weighted by Crippen LogP contribution is -2.08. The fourth-order valence-electron chi connectivity index (χ4n) is 3.14. The number of aliphatic hydroxyl groups excluding tert-OH is 1. The van der Waals surface area contributed by atoms with Crippen molar-refractivity contribution in [1.82, 2.24) is 9.78 Å². The number of Topliss-reactive ketones (excluding diaryl/α,β-unsaturated/α-hetero) is 1. The van der Waals surface area contributed by atoms with Crippen molar-refractivity contribution in [2.75, 3.05) is 6.61 Å². The minimum Gasteiger partial charge on any atom is -0.389 e. The van der Waals surface area contributed by atoms with Crippen LogP contribution in [0.5, 0.6) is 0 Å². The third-order valence-corrected chi connectivity index (χ3v) is 4.08. The maximum Gasteiger partial charge on any atom is 0.162 e. The molecule has 1 aromatic carbocycles. The molecule has 20 heavy (non-hydrogen) atoms. The largest absolute Gasteiger partial charge is 0.389 e. The first kappa shape index (κ1) is 13.1. The van der Waals surface area contributed by atoms with Gasteiger partial charge in [-0.15, -0.1) is 0 Å². The Kier molecular flexibility index (Phi) is 3.18. The molecule has 0 aliphatic heterocycles. The SMILES string of the molecule is Cc1cccc([C@H]2[C@@H](C(=O)CO)[C@@H]2c2cnn(C)c2)c1. The highest BCUT2D eigenvalue weighted by Gasteiger charge is 2.55. The minimum absolute atomic E-state index is 0.0784. The fraction of sp³-hybridized carbons (Fsp3) is 0.375. The second-order valence-electron chi connectivity index (χ2n) is 5.56. The number of hydrogen-bond acceptors (Lipinski definition) is 3. The van der Waals surface area contributed by atoms with Crippen molar-refractivity contribution in [3.05, 3.63) is 53.3 Å². The second-order valence-corrected chi connectivity index (χ2v) is 5.56. The Labute approximate surface area is 118 Å². The molecule has 2 aromatic rings. The smallest absolute Gasteiger partial charge is 0.162 e. The molecule has 1 aromatic heterocycles. The summed E-state index contributed by atoms with van der Waals surface area (Å²) in [5.41, 5.74) is 3.44. The molecule has 0 amide bonds. The van der Waals surface area contributed by atoms with E-state index in [9.17, 15) is 4.79 Å². The molecule has 0 saturated heterocycles. The lowest BCUT2D eigenvalue weighted by Gasteiger charge is -2.01. The average Bonchev–Trinajstić information content (AvgIpc) is 3.05. The van der Waals surface area contributed by atoms with Gasteiger partial charge in [0, 0.05) is 31.0 Å². The Morgan fingerprint density at radius 1 is 1.35 bits per heavy atom. The number of aryl methyl sites for hydroxylation is 2. The number of carbonyl (C=O) groups is 1. The van der Waals surface area contributed by atoms with E-state index in [-0.39, 0.29) is 30.1 Å². The van der Waals surface area contributed by atoms with E-state index in [1.807, 2.05) is 38.5 Å². The van der Waals surface area contributed by atoms with Crippen LogP contribution in [0.2, 0.25) is 0 Å². The van der Waals surface area contributed by atoms with E-state index in [0.717, 1.165) is 5.56 Å². The maximum absolute atomic E-state index is 12.0. The summed E-state index contributed by atoms with van der Waals surface area (Å²) in [6, 6.07) is 8.25. The molecule has 1 fully saturated rings. The van der Waals surface area contributed by atoms with Crippen molar-refractivity contribution in [3.63, 3.8) is 0 Å². The summed E-state index contributed by atoms with van der Waals surface area (Å²) in [6.45, 7) is 1.66. The second kappa shape index (κ2) is 4.87. The molecule has 1 saturated carbocycles. The van der Waals surface area contributed by atoms with E-state index < -0.39 is 0 Å². The highest BCUT2D eigenvalue weighted by molar-refractivity contribution is 5.88. The topological polar surface area (TPSA) is 55.1 Å². The van der Waals surface area contributed by atoms with Crippen LogP contribution in [0.15, 0.2) is 36.7 Å². The van der Waals surface area contributed by atoms with Gasteiger partial charge < -0.3 is 5.11 Å². The highest BCUT2D eigenvalue weighted by atomic mass is 16.3. The molecule has 4 nitrogen and oxygen atoms in total. The zero-order valence-corrected chi connectivity index (χ0v) is 11.7. The molecule has 104 valence electrons. The van der Waals surface area contributed by atoms with Gasteiger partial charge in [-0.05, 0) is 18.1 Å². The Hall–Kier alpha value is -1.94. The van der Waals surface area contributed by atoms with Crippen LogP contribution >= 0.6 is 0 Å².